The molecule has 0 saturated carbocycles. The van der Waals surface area contributed by atoms with Gasteiger partial charge in [0, 0.05) is 16.6 Å². The summed E-state index contributed by atoms with van der Waals surface area (Å²) in [5, 5.41) is 11.5. The van der Waals surface area contributed by atoms with Crippen LogP contribution < -0.4 is 5.56 Å². The first-order valence-corrected chi connectivity index (χ1v) is 9.52. The van der Waals surface area contributed by atoms with Crippen LogP contribution in [0.4, 0.5) is 5.69 Å². The summed E-state index contributed by atoms with van der Waals surface area (Å²) in [4.78, 5) is 28.4. The number of rotatable bonds is 4. The monoisotopic (exact) mass is 447 g/mol. The fraction of sp³-hybridized carbons (Fsp3) is 0. The molecule has 0 bridgehead atoms. The molecule has 0 fully saturated rings. The number of para-hydroxylation sites is 1. The third-order valence-corrected chi connectivity index (χ3v) is 4.92. The number of hydrogen-bond acceptors (Lipinski definition) is 4. The fourth-order valence-electron chi connectivity index (χ4n) is 3.01. The lowest BCUT2D eigenvalue weighted by atomic mass is 10.2. The molecule has 0 N–H and O–H groups in total. The van der Waals surface area contributed by atoms with E-state index in [4.69, 9.17) is 0 Å². The summed E-state index contributed by atoms with van der Waals surface area (Å²) >= 11 is 3.40. The van der Waals surface area contributed by atoms with E-state index >= 15 is 0 Å². The van der Waals surface area contributed by atoms with Gasteiger partial charge in [0.15, 0.2) is 0 Å². The van der Waals surface area contributed by atoms with Crippen molar-refractivity contribution in [3.05, 3.63) is 109 Å². The Hall–Kier alpha value is -3.58. The lowest BCUT2D eigenvalue weighted by molar-refractivity contribution is -0.384. The van der Waals surface area contributed by atoms with Gasteiger partial charge in [-0.2, -0.15) is 0 Å². The normalized spacial score (nSPS) is 11.2. The number of benzene rings is 3. The van der Waals surface area contributed by atoms with Crippen LogP contribution in [0.3, 0.4) is 0 Å². The number of non-ortho nitro benzene ring substituents is 1. The van der Waals surface area contributed by atoms with Gasteiger partial charge in [-0.25, -0.2) is 4.98 Å². The molecule has 0 aliphatic carbocycles. The van der Waals surface area contributed by atoms with Crippen molar-refractivity contribution in [2.75, 3.05) is 0 Å². The summed E-state index contributed by atoms with van der Waals surface area (Å²) in [7, 11) is 0. The standard InChI is InChI=1S/C22H14BrN3O3/c23-16-9-11-17(12-10-16)25-21(24-20-7-2-1-6-19(20)22(25)27)13-8-15-4-3-5-18(14-15)26(28)29/h1-14H/b13-8+. The minimum Gasteiger partial charge on any atom is -0.268 e. The van der Waals surface area contributed by atoms with Gasteiger partial charge in [0.25, 0.3) is 11.2 Å². The molecule has 29 heavy (non-hydrogen) atoms. The van der Waals surface area contributed by atoms with Crippen molar-refractivity contribution in [3.63, 3.8) is 0 Å². The van der Waals surface area contributed by atoms with Gasteiger partial charge in [-0.1, -0.05) is 46.3 Å². The summed E-state index contributed by atoms with van der Waals surface area (Å²) < 4.78 is 2.43. The van der Waals surface area contributed by atoms with E-state index in [9.17, 15) is 14.9 Å². The smallest absolute Gasteiger partial charge is 0.268 e. The molecule has 6 nitrogen and oxygen atoms in total. The van der Waals surface area contributed by atoms with E-state index in [1.165, 1.54) is 16.7 Å². The molecule has 1 aromatic heterocycles. The summed E-state index contributed by atoms with van der Waals surface area (Å²) in [5.41, 5.74) is 1.73. The largest absolute Gasteiger partial charge is 0.270 e. The molecule has 0 unspecified atom stereocenters. The zero-order valence-corrected chi connectivity index (χ0v) is 16.6. The van der Waals surface area contributed by atoms with Crippen molar-refractivity contribution in [1.29, 1.82) is 0 Å². The van der Waals surface area contributed by atoms with Gasteiger partial charge in [0.2, 0.25) is 0 Å². The molecule has 0 spiro atoms. The van der Waals surface area contributed by atoms with Gasteiger partial charge in [-0.3, -0.25) is 19.5 Å². The van der Waals surface area contributed by atoms with E-state index in [-0.39, 0.29) is 11.2 Å². The van der Waals surface area contributed by atoms with Crippen molar-refractivity contribution in [3.8, 4) is 5.69 Å². The molecular weight excluding hydrogens is 434 g/mol. The predicted molar refractivity (Wildman–Crippen MR) is 117 cm³/mol. The lowest BCUT2D eigenvalue weighted by Crippen LogP contribution is -2.22. The predicted octanol–water partition coefficient (Wildman–Crippen LogP) is 5.23. The summed E-state index contributed by atoms with van der Waals surface area (Å²) in [6.45, 7) is 0. The van der Waals surface area contributed by atoms with Crippen molar-refractivity contribution >= 4 is 44.7 Å². The number of hydrogen-bond donors (Lipinski definition) is 0. The Morgan fingerprint density at radius 3 is 2.48 bits per heavy atom. The average Bonchev–Trinajstić information content (AvgIpc) is 2.73. The number of halogens is 1. The van der Waals surface area contributed by atoms with E-state index in [2.05, 4.69) is 20.9 Å². The van der Waals surface area contributed by atoms with Crippen LogP contribution in [0, 0.1) is 10.1 Å². The SMILES string of the molecule is O=c1c2ccccc2nc(/C=C/c2cccc([N+](=O)[O-])c2)n1-c1ccc(Br)cc1. The highest BCUT2D eigenvalue weighted by atomic mass is 79.9. The van der Waals surface area contributed by atoms with E-state index in [1.807, 2.05) is 30.3 Å². The highest BCUT2D eigenvalue weighted by molar-refractivity contribution is 9.10. The van der Waals surface area contributed by atoms with Gasteiger partial charge < -0.3 is 0 Å². The first kappa shape index (κ1) is 18.8. The Bertz CT molecular complexity index is 1310. The molecule has 142 valence electrons. The van der Waals surface area contributed by atoms with Gasteiger partial charge in [-0.05, 0) is 48.0 Å². The number of nitro groups is 1. The maximum Gasteiger partial charge on any atom is 0.270 e. The zero-order chi connectivity index (χ0) is 20.4. The summed E-state index contributed by atoms with van der Waals surface area (Å²) in [6.07, 6.45) is 3.40. The lowest BCUT2D eigenvalue weighted by Gasteiger charge is -2.11. The van der Waals surface area contributed by atoms with Crippen molar-refractivity contribution in [1.82, 2.24) is 9.55 Å². The Morgan fingerprint density at radius 2 is 1.72 bits per heavy atom. The first-order chi connectivity index (χ1) is 14.0. The van der Waals surface area contributed by atoms with Crippen molar-refractivity contribution in [2.45, 2.75) is 0 Å². The van der Waals surface area contributed by atoms with E-state index in [0.717, 1.165) is 4.47 Å². The Labute approximate surface area is 174 Å². The molecule has 0 radical (unpaired) electrons. The minimum atomic E-state index is -0.441. The molecule has 0 aliphatic heterocycles. The number of aromatic nitrogens is 2. The van der Waals surface area contributed by atoms with E-state index in [1.54, 1.807) is 42.5 Å². The van der Waals surface area contributed by atoms with Gasteiger partial charge >= 0.3 is 0 Å². The Morgan fingerprint density at radius 1 is 0.966 bits per heavy atom. The van der Waals surface area contributed by atoms with Crippen LogP contribution in [0.15, 0.2) is 82.1 Å². The van der Waals surface area contributed by atoms with Crippen LogP contribution in [0.25, 0.3) is 28.7 Å². The van der Waals surface area contributed by atoms with E-state index < -0.39 is 4.92 Å². The Kier molecular flexibility index (Phi) is 5.05. The second-order valence-electron chi connectivity index (χ2n) is 6.29. The topological polar surface area (TPSA) is 78.0 Å². The quantitative estimate of drug-likeness (QED) is 0.317. The van der Waals surface area contributed by atoms with Crippen LogP contribution in [0.1, 0.15) is 11.4 Å². The maximum absolute atomic E-state index is 13.2. The second-order valence-corrected chi connectivity index (χ2v) is 7.21. The second kappa shape index (κ2) is 7.81. The molecule has 3 aromatic carbocycles. The molecule has 0 amide bonds. The molecule has 0 atom stereocenters. The molecule has 0 saturated heterocycles. The molecule has 4 rings (SSSR count). The third-order valence-electron chi connectivity index (χ3n) is 4.39. The van der Waals surface area contributed by atoms with Crippen LogP contribution in [0.2, 0.25) is 0 Å². The van der Waals surface area contributed by atoms with E-state index in [0.29, 0.717) is 28.0 Å². The van der Waals surface area contributed by atoms with Gasteiger partial charge in [-0.15, -0.1) is 0 Å². The number of nitro benzene ring substituents is 1. The highest BCUT2D eigenvalue weighted by Crippen LogP contribution is 2.19. The average molecular weight is 448 g/mol. The molecule has 7 heteroatoms. The summed E-state index contributed by atoms with van der Waals surface area (Å²) in [6, 6.07) is 20.8. The summed E-state index contributed by atoms with van der Waals surface area (Å²) in [5.74, 6) is 0.433. The van der Waals surface area contributed by atoms with Crippen LogP contribution >= 0.6 is 15.9 Å². The van der Waals surface area contributed by atoms with Crippen LogP contribution in [0.5, 0.6) is 0 Å². The third kappa shape index (κ3) is 3.86. The maximum atomic E-state index is 13.2. The van der Waals surface area contributed by atoms with Crippen molar-refractivity contribution in [2.24, 2.45) is 0 Å². The number of fused-ring (bicyclic) bond motifs is 1. The minimum absolute atomic E-state index is 0.00363. The van der Waals surface area contributed by atoms with Crippen LogP contribution in [-0.4, -0.2) is 14.5 Å². The van der Waals surface area contributed by atoms with Crippen molar-refractivity contribution < 1.29 is 4.92 Å². The van der Waals surface area contributed by atoms with Gasteiger partial charge in [0.05, 0.1) is 21.5 Å². The fourth-order valence-corrected chi connectivity index (χ4v) is 3.28. The highest BCUT2D eigenvalue weighted by Gasteiger charge is 2.11. The molecule has 0 aliphatic rings. The first-order valence-electron chi connectivity index (χ1n) is 8.73. The van der Waals surface area contributed by atoms with Gasteiger partial charge in [0.1, 0.15) is 5.82 Å². The zero-order valence-electron chi connectivity index (χ0n) is 15.0. The van der Waals surface area contributed by atoms with Crippen LogP contribution in [-0.2, 0) is 0 Å². The molecular formula is C22H14BrN3O3. The molecule has 1 heterocycles. The number of nitrogens with zero attached hydrogens (tertiary/aromatic N) is 3. The molecule has 4 aromatic rings. The Balaban J connectivity index is 1.90.